The van der Waals surface area contributed by atoms with E-state index in [2.05, 4.69) is 40.2 Å². The molecule has 1 aliphatic rings. The Labute approximate surface area is 201 Å². The Morgan fingerprint density at radius 1 is 0.939 bits per heavy atom. The number of halogens is 4. The minimum absolute atomic E-state index is 0.120. The van der Waals surface area contributed by atoms with Crippen LogP contribution in [0.3, 0.4) is 0 Å². The Bertz CT molecular complexity index is 844. The number of alkyl halides is 3. The average molecular weight is 483 g/mol. The van der Waals surface area contributed by atoms with Gasteiger partial charge in [-0.05, 0) is 43.3 Å². The number of piperazine rings is 1. The number of carbonyl (C=O) groups is 1. The number of aryl methyl sites for hydroxylation is 1. The predicted octanol–water partition coefficient (Wildman–Crippen LogP) is 7.65. The van der Waals surface area contributed by atoms with Crippen LogP contribution in [-0.4, -0.2) is 37.0 Å². The number of rotatable bonds is 2. The van der Waals surface area contributed by atoms with E-state index in [0.717, 1.165) is 23.4 Å². The van der Waals surface area contributed by atoms with Crippen molar-refractivity contribution in [3.8, 4) is 0 Å². The third-order valence-corrected chi connectivity index (χ3v) is 4.81. The van der Waals surface area contributed by atoms with Crippen molar-refractivity contribution in [2.75, 3.05) is 31.1 Å². The number of anilines is 1. The highest BCUT2D eigenvalue weighted by Crippen LogP contribution is 2.31. The molecule has 33 heavy (non-hydrogen) atoms. The first-order chi connectivity index (χ1) is 15.7. The van der Waals surface area contributed by atoms with Crippen molar-refractivity contribution in [2.45, 2.75) is 33.4 Å². The quantitative estimate of drug-likeness (QED) is 0.410. The summed E-state index contributed by atoms with van der Waals surface area (Å²) in [7, 11) is 0. The summed E-state index contributed by atoms with van der Waals surface area (Å²) in [4.78, 5) is 16.4. The lowest BCUT2D eigenvalue weighted by atomic mass is 10.1. The van der Waals surface area contributed by atoms with Gasteiger partial charge in [0.1, 0.15) is 0 Å². The monoisotopic (exact) mass is 482 g/mol. The van der Waals surface area contributed by atoms with E-state index in [0.29, 0.717) is 36.8 Å². The molecule has 0 N–H and O–H groups in total. The van der Waals surface area contributed by atoms with Crippen LogP contribution in [0.1, 0.15) is 41.8 Å². The lowest BCUT2D eigenvalue weighted by molar-refractivity contribution is -0.137. The summed E-state index contributed by atoms with van der Waals surface area (Å²) < 4.78 is 38.0. The predicted molar refractivity (Wildman–Crippen MR) is 134 cm³/mol. The lowest BCUT2D eigenvalue weighted by Gasteiger charge is -2.36. The first-order valence-corrected chi connectivity index (χ1v) is 11.0. The molecule has 1 saturated heterocycles. The number of carbonyl (C=O) groups excluding carboxylic acids is 1. The highest BCUT2D eigenvalue weighted by atomic mass is 35.5. The molecule has 0 atom stereocenters. The van der Waals surface area contributed by atoms with E-state index in [-0.39, 0.29) is 5.91 Å². The molecule has 0 saturated carbocycles. The van der Waals surface area contributed by atoms with Gasteiger partial charge in [-0.2, -0.15) is 13.2 Å². The van der Waals surface area contributed by atoms with E-state index in [1.54, 1.807) is 17.0 Å². The first-order valence-electron chi connectivity index (χ1n) is 10.6. The van der Waals surface area contributed by atoms with Crippen molar-refractivity contribution in [3.05, 3.63) is 90.5 Å². The van der Waals surface area contributed by atoms with Gasteiger partial charge in [-0.25, -0.2) is 0 Å². The molecule has 0 aliphatic carbocycles. The zero-order valence-corrected chi connectivity index (χ0v) is 20.5. The summed E-state index contributed by atoms with van der Waals surface area (Å²) in [6, 6.07) is 10.4. The van der Waals surface area contributed by atoms with Gasteiger partial charge in [0.25, 0.3) is 5.91 Å². The van der Waals surface area contributed by atoms with Crippen molar-refractivity contribution in [1.29, 1.82) is 0 Å². The second kappa shape index (κ2) is 15.2. The van der Waals surface area contributed by atoms with Crippen LogP contribution in [0.15, 0.2) is 68.8 Å². The summed E-state index contributed by atoms with van der Waals surface area (Å²) in [5, 5.41) is 0.422. The van der Waals surface area contributed by atoms with Crippen molar-refractivity contribution < 1.29 is 18.0 Å². The second-order valence-corrected chi connectivity index (χ2v) is 7.42. The molecule has 0 spiro atoms. The van der Waals surface area contributed by atoms with Crippen LogP contribution < -0.4 is 4.90 Å². The number of hydrogen-bond donors (Lipinski definition) is 0. The molecule has 2 aromatic rings. The highest BCUT2D eigenvalue weighted by Gasteiger charge is 2.30. The maximum atomic E-state index is 12.7. The van der Waals surface area contributed by atoms with Crippen LogP contribution in [0.4, 0.5) is 18.9 Å². The van der Waals surface area contributed by atoms with Crippen LogP contribution in [0.5, 0.6) is 0 Å². The molecule has 182 valence electrons. The van der Waals surface area contributed by atoms with Gasteiger partial charge in [0.05, 0.1) is 16.1 Å². The molecule has 1 heterocycles. The summed E-state index contributed by atoms with van der Waals surface area (Å²) in [5.41, 5.74) is 1.50. The van der Waals surface area contributed by atoms with Gasteiger partial charge in [-0.1, -0.05) is 43.5 Å². The summed E-state index contributed by atoms with van der Waals surface area (Å²) >= 11 is 6.14. The molecule has 0 aromatic heterocycles. The molecule has 3 nitrogen and oxygen atoms in total. The van der Waals surface area contributed by atoms with Crippen molar-refractivity contribution in [3.63, 3.8) is 0 Å². The van der Waals surface area contributed by atoms with Crippen molar-refractivity contribution in [1.82, 2.24) is 4.90 Å². The first kappa shape index (κ1) is 30.3. The maximum absolute atomic E-state index is 12.7. The highest BCUT2D eigenvalue weighted by molar-refractivity contribution is 6.33. The molecule has 1 amide bonds. The molecule has 0 unspecified atom stereocenters. The van der Waals surface area contributed by atoms with Gasteiger partial charge in [-0.15, -0.1) is 26.3 Å². The third kappa shape index (κ3) is 9.34. The smallest absolute Gasteiger partial charge is 0.368 e. The molecular weight excluding hydrogens is 449 g/mol. The molecule has 7 heteroatoms. The molecule has 2 aromatic carbocycles. The minimum Gasteiger partial charge on any atom is -0.368 e. The summed E-state index contributed by atoms with van der Waals surface area (Å²) in [5.74, 6) is -0.120. The van der Waals surface area contributed by atoms with Crippen molar-refractivity contribution in [2.24, 2.45) is 0 Å². The lowest BCUT2D eigenvalue weighted by Crippen LogP contribution is -2.48. The molecule has 1 aliphatic heterocycles. The van der Waals surface area contributed by atoms with E-state index < -0.39 is 11.7 Å². The van der Waals surface area contributed by atoms with E-state index in [4.69, 9.17) is 11.6 Å². The maximum Gasteiger partial charge on any atom is 0.416 e. The van der Waals surface area contributed by atoms with Crippen LogP contribution >= 0.6 is 11.6 Å². The fourth-order valence-electron chi connectivity index (χ4n) is 3.00. The van der Waals surface area contributed by atoms with Gasteiger partial charge in [0.2, 0.25) is 0 Å². The van der Waals surface area contributed by atoms with E-state index in [9.17, 15) is 18.0 Å². The van der Waals surface area contributed by atoms with E-state index >= 15 is 0 Å². The van der Waals surface area contributed by atoms with Crippen LogP contribution in [0.25, 0.3) is 0 Å². The van der Waals surface area contributed by atoms with E-state index in [1.165, 1.54) is 18.6 Å². The van der Waals surface area contributed by atoms with Crippen LogP contribution in [0.2, 0.25) is 5.02 Å². The Kier molecular flexibility index (Phi) is 13.9. The van der Waals surface area contributed by atoms with Crippen LogP contribution in [0, 0.1) is 6.92 Å². The normalized spacial score (nSPS) is 12.8. The zero-order chi connectivity index (χ0) is 25.6. The topological polar surface area (TPSA) is 23.6 Å². The minimum atomic E-state index is -4.34. The molecule has 3 rings (SSSR count). The number of hydrogen-bond acceptors (Lipinski definition) is 2. The summed E-state index contributed by atoms with van der Waals surface area (Å²) in [6.45, 7) is 20.2. The Balaban J connectivity index is 0.00000132. The molecule has 0 bridgehead atoms. The second-order valence-electron chi connectivity index (χ2n) is 7.01. The number of benzene rings is 2. The molecular formula is C26H34ClF3N2O. The number of amides is 1. The molecule has 1 fully saturated rings. The van der Waals surface area contributed by atoms with Crippen molar-refractivity contribution >= 4 is 23.2 Å². The summed E-state index contributed by atoms with van der Waals surface area (Å²) in [6.07, 6.45) is -3.09. The largest absolute Gasteiger partial charge is 0.416 e. The van der Waals surface area contributed by atoms with E-state index in [1.807, 2.05) is 17.9 Å². The SMILES string of the molecule is C=C.C=C.CCC.Cc1ccc(Cl)c(C(=O)N2CCN(c3ccc(C(F)(F)F)cc3)CC2)c1. The third-order valence-electron chi connectivity index (χ3n) is 4.48. The number of nitrogens with zero attached hydrogens (tertiary/aromatic N) is 2. The standard InChI is InChI=1S/C19H18ClF3N2O.C3H8.2C2H4/c1-13-2-7-17(20)16(12-13)18(26)25-10-8-24(9-11-25)15-5-3-14(4-6-15)19(21,22)23;1-3-2;2*1-2/h2-7,12H,8-11H2,1H3;3H2,1-2H3;2*1-2H2. The Morgan fingerprint density at radius 3 is 1.88 bits per heavy atom. The fourth-order valence-corrected chi connectivity index (χ4v) is 3.20. The van der Waals surface area contributed by atoms with Gasteiger partial charge in [-0.3, -0.25) is 4.79 Å². The van der Waals surface area contributed by atoms with Gasteiger partial charge in [0, 0.05) is 31.9 Å². The Morgan fingerprint density at radius 2 is 1.42 bits per heavy atom. The van der Waals surface area contributed by atoms with Gasteiger partial charge < -0.3 is 9.80 Å². The van der Waals surface area contributed by atoms with Gasteiger partial charge >= 0.3 is 6.18 Å². The fraction of sp³-hybridized carbons (Fsp3) is 0.346. The average Bonchev–Trinajstić information content (AvgIpc) is 2.83. The van der Waals surface area contributed by atoms with Crippen LogP contribution in [-0.2, 0) is 6.18 Å². The zero-order valence-electron chi connectivity index (χ0n) is 19.7. The molecule has 0 radical (unpaired) electrons. The van der Waals surface area contributed by atoms with Gasteiger partial charge in [0.15, 0.2) is 0 Å². The Hall–Kier alpha value is -2.73.